The van der Waals surface area contributed by atoms with E-state index in [-0.39, 0.29) is 35.5 Å². The average molecular weight is 278 g/mol. The molecule has 1 aromatic rings. The number of aryl methyl sites for hydroxylation is 1. The van der Waals surface area contributed by atoms with Crippen LogP contribution in [0, 0.1) is 41.9 Å². The van der Waals surface area contributed by atoms with Crippen LogP contribution in [0.4, 0.5) is 5.69 Å². The molecule has 4 rings (SSSR count). The van der Waals surface area contributed by atoms with Crippen molar-refractivity contribution < 1.29 is 9.59 Å². The summed E-state index contributed by atoms with van der Waals surface area (Å²) >= 11 is 0. The molecule has 21 heavy (non-hydrogen) atoms. The molecule has 0 spiro atoms. The Labute approximate surface area is 122 Å². The van der Waals surface area contributed by atoms with E-state index in [4.69, 9.17) is 0 Å². The highest BCUT2D eigenvalue weighted by molar-refractivity contribution is 6.23. The molecular formula is C17H14N2O2. The van der Waals surface area contributed by atoms with Gasteiger partial charge in [0.15, 0.2) is 0 Å². The lowest BCUT2D eigenvalue weighted by Crippen LogP contribution is -2.33. The van der Waals surface area contributed by atoms with Crippen molar-refractivity contribution in [2.45, 2.75) is 13.3 Å². The smallest absolute Gasteiger partial charge is 0.238 e. The number of carbonyl (C=O) groups is 2. The number of hydrogen-bond acceptors (Lipinski definition) is 3. The molecule has 1 heterocycles. The largest absolute Gasteiger partial charge is 0.274 e. The molecule has 2 fully saturated rings. The number of carbonyl (C=O) groups excluding carboxylic acids is 2. The summed E-state index contributed by atoms with van der Waals surface area (Å²) in [6.07, 6.45) is 5.06. The van der Waals surface area contributed by atoms with Gasteiger partial charge in [0.25, 0.3) is 0 Å². The summed E-state index contributed by atoms with van der Waals surface area (Å²) in [4.78, 5) is 26.7. The van der Waals surface area contributed by atoms with Gasteiger partial charge in [0, 0.05) is 0 Å². The van der Waals surface area contributed by atoms with Crippen LogP contribution in [0.1, 0.15) is 17.5 Å². The van der Waals surface area contributed by atoms with Crippen LogP contribution in [-0.4, -0.2) is 11.8 Å². The highest BCUT2D eigenvalue weighted by atomic mass is 16.2. The first-order chi connectivity index (χ1) is 10.1. The second-order valence-electron chi connectivity index (χ2n) is 6.09. The van der Waals surface area contributed by atoms with Crippen molar-refractivity contribution in [3.05, 3.63) is 41.5 Å². The van der Waals surface area contributed by atoms with Crippen molar-refractivity contribution in [2.75, 3.05) is 4.90 Å². The van der Waals surface area contributed by atoms with E-state index in [1.54, 1.807) is 12.1 Å². The number of nitriles is 1. The molecular weight excluding hydrogens is 264 g/mol. The molecule has 1 aliphatic heterocycles. The van der Waals surface area contributed by atoms with Gasteiger partial charge in [-0.05, 0) is 36.8 Å². The van der Waals surface area contributed by atoms with Gasteiger partial charge in [0.2, 0.25) is 11.8 Å². The number of anilines is 1. The minimum Gasteiger partial charge on any atom is -0.274 e. The van der Waals surface area contributed by atoms with E-state index < -0.39 is 0 Å². The van der Waals surface area contributed by atoms with Gasteiger partial charge < -0.3 is 0 Å². The van der Waals surface area contributed by atoms with Gasteiger partial charge in [0.05, 0.1) is 23.1 Å². The number of fused-ring (bicyclic) bond motifs is 5. The van der Waals surface area contributed by atoms with Crippen LogP contribution in [0.25, 0.3) is 0 Å². The molecule has 4 heteroatoms. The maximum absolute atomic E-state index is 12.7. The van der Waals surface area contributed by atoms with Crippen LogP contribution in [0.5, 0.6) is 0 Å². The van der Waals surface area contributed by atoms with Crippen molar-refractivity contribution in [1.82, 2.24) is 0 Å². The van der Waals surface area contributed by atoms with E-state index >= 15 is 0 Å². The third-order valence-electron chi connectivity index (χ3n) is 5.07. The molecule has 1 aromatic carbocycles. The lowest BCUT2D eigenvalue weighted by molar-refractivity contribution is -0.123. The third-order valence-corrected chi connectivity index (χ3v) is 5.07. The Balaban J connectivity index is 1.82. The first-order valence-electron chi connectivity index (χ1n) is 7.19. The SMILES string of the molecule is Cc1cccc(N2C(=O)C3C4C=CC(C4)C3C2=O)c1C#N. The van der Waals surface area contributed by atoms with E-state index in [1.165, 1.54) is 4.90 Å². The average Bonchev–Trinajstić information content (AvgIpc) is 3.13. The molecule has 2 amide bonds. The molecule has 2 aliphatic carbocycles. The van der Waals surface area contributed by atoms with Gasteiger partial charge >= 0.3 is 0 Å². The van der Waals surface area contributed by atoms with Gasteiger partial charge in [-0.25, -0.2) is 4.90 Å². The topological polar surface area (TPSA) is 61.2 Å². The fourth-order valence-corrected chi connectivity index (χ4v) is 4.12. The van der Waals surface area contributed by atoms with Crippen molar-refractivity contribution >= 4 is 17.5 Å². The first-order valence-corrected chi connectivity index (χ1v) is 7.19. The maximum Gasteiger partial charge on any atom is 0.238 e. The van der Waals surface area contributed by atoms with E-state index in [0.29, 0.717) is 11.3 Å². The molecule has 4 unspecified atom stereocenters. The van der Waals surface area contributed by atoms with Crippen LogP contribution in [-0.2, 0) is 9.59 Å². The lowest BCUT2D eigenvalue weighted by Gasteiger charge is -2.19. The number of allylic oxidation sites excluding steroid dienone is 2. The number of imide groups is 1. The van der Waals surface area contributed by atoms with Gasteiger partial charge in [-0.3, -0.25) is 9.59 Å². The molecule has 1 saturated carbocycles. The molecule has 4 nitrogen and oxygen atoms in total. The predicted octanol–water partition coefficient (Wildman–Crippen LogP) is 2.18. The first kappa shape index (κ1) is 12.3. The monoisotopic (exact) mass is 278 g/mol. The van der Waals surface area contributed by atoms with E-state index in [2.05, 4.69) is 18.2 Å². The van der Waals surface area contributed by atoms with E-state index in [0.717, 1.165) is 12.0 Å². The van der Waals surface area contributed by atoms with Gasteiger partial charge in [-0.2, -0.15) is 5.26 Å². The number of benzene rings is 1. The van der Waals surface area contributed by atoms with E-state index in [9.17, 15) is 14.9 Å². The molecule has 104 valence electrons. The van der Waals surface area contributed by atoms with Crippen molar-refractivity contribution in [3.8, 4) is 6.07 Å². The van der Waals surface area contributed by atoms with Crippen LogP contribution >= 0.6 is 0 Å². The fraction of sp³-hybridized carbons (Fsp3) is 0.353. The Morgan fingerprint density at radius 3 is 2.33 bits per heavy atom. The minimum absolute atomic E-state index is 0.135. The molecule has 0 N–H and O–H groups in total. The van der Waals surface area contributed by atoms with Crippen molar-refractivity contribution in [2.24, 2.45) is 23.7 Å². The molecule has 1 saturated heterocycles. The summed E-state index contributed by atoms with van der Waals surface area (Å²) in [5, 5.41) is 9.34. The summed E-state index contributed by atoms with van der Waals surface area (Å²) in [5.74, 6) is -0.333. The summed E-state index contributed by atoms with van der Waals surface area (Å²) in [7, 11) is 0. The summed E-state index contributed by atoms with van der Waals surface area (Å²) in [5.41, 5.74) is 1.65. The van der Waals surface area contributed by atoms with Crippen LogP contribution in [0.2, 0.25) is 0 Å². The summed E-state index contributed by atoms with van der Waals surface area (Å²) in [6, 6.07) is 7.42. The zero-order chi connectivity index (χ0) is 14.7. The van der Waals surface area contributed by atoms with Gasteiger partial charge in [-0.15, -0.1) is 0 Å². The quantitative estimate of drug-likeness (QED) is 0.584. The highest BCUT2D eigenvalue weighted by Gasteiger charge is 2.59. The number of amides is 2. The summed E-state index contributed by atoms with van der Waals surface area (Å²) < 4.78 is 0. The van der Waals surface area contributed by atoms with Gasteiger partial charge in [-0.1, -0.05) is 24.3 Å². The Bertz CT molecular complexity index is 714. The third kappa shape index (κ3) is 1.43. The Hall–Kier alpha value is -2.41. The normalized spacial score (nSPS) is 32.7. The number of nitrogens with zero attached hydrogens (tertiary/aromatic N) is 2. The molecule has 0 radical (unpaired) electrons. The van der Waals surface area contributed by atoms with Crippen LogP contribution in [0.15, 0.2) is 30.4 Å². The summed E-state index contributed by atoms with van der Waals surface area (Å²) in [6.45, 7) is 1.82. The highest BCUT2D eigenvalue weighted by Crippen LogP contribution is 2.53. The molecule has 0 aromatic heterocycles. The predicted molar refractivity (Wildman–Crippen MR) is 76.1 cm³/mol. The Kier molecular flexibility index (Phi) is 2.38. The number of hydrogen-bond donors (Lipinski definition) is 0. The number of rotatable bonds is 1. The van der Waals surface area contributed by atoms with Crippen molar-refractivity contribution in [3.63, 3.8) is 0 Å². The standard InChI is InChI=1S/C17H14N2O2/c1-9-3-2-4-13(12(9)8-18)19-16(20)14-10-5-6-11(7-10)15(14)17(19)21/h2-6,10-11,14-15H,7H2,1H3. The van der Waals surface area contributed by atoms with E-state index in [1.807, 2.05) is 13.0 Å². The van der Waals surface area contributed by atoms with Crippen molar-refractivity contribution in [1.29, 1.82) is 5.26 Å². The lowest BCUT2D eigenvalue weighted by atomic mass is 9.85. The van der Waals surface area contributed by atoms with Crippen LogP contribution in [0.3, 0.4) is 0 Å². The molecule has 3 aliphatic rings. The fourth-order valence-electron chi connectivity index (χ4n) is 4.12. The molecule has 4 atom stereocenters. The zero-order valence-electron chi connectivity index (χ0n) is 11.6. The van der Waals surface area contributed by atoms with Gasteiger partial charge in [0.1, 0.15) is 6.07 Å². The Morgan fingerprint density at radius 1 is 1.14 bits per heavy atom. The van der Waals surface area contributed by atoms with Crippen LogP contribution < -0.4 is 4.90 Å². The maximum atomic E-state index is 12.7. The molecule has 2 bridgehead atoms. The second-order valence-corrected chi connectivity index (χ2v) is 6.09. The zero-order valence-corrected chi connectivity index (χ0v) is 11.6. The second kappa shape index (κ2) is 4.05. The minimum atomic E-state index is -0.223. The Morgan fingerprint density at radius 2 is 1.76 bits per heavy atom.